The molecule has 6 nitrogen and oxygen atoms in total. The molecule has 0 spiro atoms. The van der Waals surface area contributed by atoms with Gasteiger partial charge < -0.3 is 15.4 Å². The van der Waals surface area contributed by atoms with Crippen molar-refractivity contribution in [3.8, 4) is 5.75 Å². The van der Waals surface area contributed by atoms with E-state index in [1.165, 1.54) is 11.3 Å². The maximum atomic E-state index is 13.8. The molecule has 2 atom stereocenters. The van der Waals surface area contributed by atoms with Crippen LogP contribution in [0, 0.1) is 0 Å². The molecule has 3 aromatic rings. The molecule has 4 rings (SSSR count). The van der Waals surface area contributed by atoms with Gasteiger partial charge in [0.2, 0.25) is 0 Å². The van der Waals surface area contributed by atoms with Crippen molar-refractivity contribution in [2.45, 2.75) is 31.2 Å². The molecule has 164 valence electrons. The molecule has 0 aliphatic carbocycles. The van der Waals surface area contributed by atoms with E-state index in [2.05, 4.69) is 31.7 Å². The van der Waals surface area contributed by atoms with Crippen molar-refractivity contribution in [2.24, 2.45) is 0 Å². The van der Waals surface area contributed by atoms with Crippen molar-refractivity contribution < 1.29 is 22.7 Å². The molecular weight excluding hydrogens is 497 g/mol. The summed E-state index contributed by atoms with van der Waals surface area (Å²) in [6.45, 7) is 0.200. The Morgan fingerprint density at radius 1 is 1.35 bits per heavy atom. The van der Waals surface area contributed by atoms with Crippen molar-refractivity contribution >= 4 is 39.0 Å². The highest BCUT2D eigenvalue weighted by atomic mass is 79.9. The minimum atomic E-state index is -4.51. The van der Waals surface area contributed by atoms with Crippen LogP contribution in [-0.2, 0) is 6.54 Å². The number of methoxy groups -OCH3 is 1. The van der Waals surface area contributed by atoms with Crippen LogP contribution in [0.5, 0.6) is 5.75 Å². The number of benzene rings is 1. The molecule has 1 aliphatic heterocycles. The lowest BCUT2D eigenvalue weighted by molar-refractivity contribution is -0.173. The number of fused-ring (bicyclic) bond motifs is 1. The van der Waals surface area contributed by atoms with Crippen molar-refractivity contribution in [3.63, 3.8) is 0 Å². The van der Waals surface area contributed by atoms with Gasteiger partial charge in [-0.15, -0.1) is 11.3 Å². The van der Waals surface area contributed by atoms with Crippen LogP contribution in [0.25, 0.3) is 0 Å². The molecule has 0 bridgehead atoms. The van der Waals surface area contributed by atoms with Crippen molar-refractivity contribution in [1.29, 1.82) is 0 Å². The van der Waals surface area contributed by atoms with E-state index in [0.29, 0.717) is 5.75 Å². The lowest BCUT2D eigenvalue weighted by atomic mass is 10.0. The summed E-state index contributed by atoms with van der Waals surface area (Å²) in [5.41, 5.74) is 0.718. The van der Waals surface area contributed by atoms with E-state index in [9.17, 15) is 18.0 Å². The summed E-state index contributed by atoms with van der Waals surface area (Å²) in [5.74, 6) is 0.255. The number of anilines is 1. The summed E-state index contributed by atoms with van der Waals surface area (Å²) in [4.78, 5) is 13.5. The third-order valence-corrected chi connectivity index (χ3v) is 6.75. The summed E-state index contributed by atoms with van der Waals surface area (Å²) in [6, 6.07) is 8.32. The van der Waals surface area contributed by atoms with Gasteiger partial charge in [0.05, 0.1) is 17.6 Å². The van der Waals surface area contributed by atoms with Gasteiger partial charge in [-0.2, -0.15) is 18.3 Å². The Balaban J connectivity index is 1.58. The van der Waals surface area contributed by atoms with E-state index in [1.807, 2.05) is 5.38 Å². The Bertz CT molecular complexity index is 1070. The Kier molecular flexibility index (Phi) is 5.98. The molecule has 0 fully saturated rings. The average molecular weight is 515 g/mol. The van der Waals surface area contributed by atoms with Gasteiger partial charge in [-0.3, -0.25) is 4.79 Å². The summed E-state index contributed by atoms with van der Waals surface area (Å²) in [5, 5.41) is 11.6. The Labute approximate surface area is 188 Å². The molecule has 1 aromatic carbocycles. The quantitative estimate of drug-likeness (QED) is 0.484. The summed E-state index contributed by atoms with van der Waals surface area (Å²) in [6.07, 6.45) is -4.72. The number of nitrogens with one attached hydrogen (secondary N) is 2. The van der Waals surface area contributed by atoms with Crippen molar-refractivity contribution in [2.75, 3.05) is 12.4 Å². The minimum absolute atomic E-state index is 0.0999. The molecule has 1 aliphatic rings. The lowest BCUT2D eigenvalue weighted by Gasteiger charge is -2.33. The predicted molar refractivity (Wildman–Crippen MR) is 114 cm³/mol. The van der Waals surface area contributed by atoms with E-state index < -0.39 is 24.2 Å². The number of alkyl halides is 3. The van der Waals surface area contributed by atoms with E-state index in [-0.39, 0.29) is 29.0 Å². The molecule has 2 aromatic heterocycles. The molecular formula is C20H18BrF3N4O2S. The summed E-state index contributed by atoms with van der Waals surface area (Å²) in [7, 11) is 1.56. The van der Waals surface area contributed by atoms with Crippen molar-refractivity contribution in [1.82, 2.24) is 15.1 Å². The van der Waals surface area contributed by atoms with Crippen LogP contribution in [0.2, 0.25) is 0 Å². The van der Waals surface area contributed by atoms with Gasteiger partial charge in [-0.25, -0.2) is 4.68 Å². The number of halogens is 4. The number of aromatic nitrogens is 2. The molecule has 2 unspecified atom stereocenters. The minimum Gasteiger partial charge on any atom is -0.497 e. The lowest BCUT2D eigenvalue weighted by Crippen LogP contribution is -2.35. The number of hydrogen-bond donors (Lipinski definition) is 2. The zero-order chi connectivity index (χ0) is 22.2. The summed E-state index contributed by atoms with van der Waals surface area (Å²) < 4.78 is 47.5. The molecule has 0 radical (unpaired) electrons. The molecule has 31 heavy (non-hydrogen) atoms. The first kappa shape index (κ1) is 21.7. The molecule has 3 heterocycles. The average Bonchev–Trinajstić information content (AvgIpc) is 3.40. The molecule has 2 N–H and O–H groups in total. The number of ether oxygens (including phenoxy) is 1. The maximum Gasteiger partial charge on any atom is 0.410 e. The first-order valence-electron chi connectivity index (χ1n) is 9.33. The third-order valence-electron chi connectivity index (χ3n) is 5.01. The molecule has 0 saturated heterocycles. The highest BCUT2D eigenvalue weighted by molar-refractivity contribution is 9.10. The second-order valence-electron chi connectivity index (χ2n) is 6.99. The number of carbonyl (C=O) groups excluding carboxylic acids is 1. The molecule has 11 heteroatoms. The van der Waals surface area contributed by atoms with E-state index in [1.54, 1.807) is 43.5 Å². The fourth-order valence-corrected chi connectivity index (χ4v) is 4.77. The standard InChI is InChI=1S/C20H18BrF3N4O2S/c1-30-12-6-4-11(5-7-12)10-25-19(29)17-16(21)18-26-13(14-3-2-8-31-14)9-15(20(22,23)24)28(18)27-17/h2-8,13,15,26H,9-10H2,1H3,(H,25,29). The van der Waals surface area contributed by atoms with Crippen LogP contribution < -0.4 is 15.4 Å². The topological polar surface area (TPSA) is 68.2 Å². The highest BCUT2D eigenvalue weighted by Crippen LogP contribution is 2.46. The van der Waals surface area contributed by atoms with Gasteiger partial charge in [0.25, 0.3) is 5.91 Å². The number of rotatable bonds is 5. The maximum absolute atomic E-state index is 13.8. The van der Waals surface area contributed by atoms with Gasteiger partial charge in [-0.1, -0.05) is 18.2 Å². The second kappa shape index (κ2) is 8.54. The van der Waals surface area contributed by atoms with E-state index in [4.69, 9.17) is 4.74 Å². The second-order valence-corrected chi connectivity index (χ2v) is 8.76. The monoisotopic (exact) mass is 514 g/mol. The SMILES string of the molecule is COc1ccc(CNC(=O)c2nn3c(c2Br)NC(c2cccs2)CC3C(F)(F)F)cc1. The number of hydrogen-bond acceptors (Lipinski definition) is 5. The van der Waals surface area contributed by atoms with Crippen LogP contribution in [0.4, 0.5) is 19.0 Å². The fourth-order valence-electron chi connectivity index (χ4n) is 3.42. The van der Waals surface area contributed by atoms with Gasteiger partial charge in [0.15, 0.2) is 11.7 Å². The number of nitrogens with zero attached hydrogens (tertiary/aromatic N) is 2. The molecule has 0 saturated carbocycles. The Hall–Kier alpha value is -2.53. The van der Waals surface area contributed by atoms with Crippen LogP contribution in [-0.4, -0.2) is 29.0 Å². The van der Waals surface area contributed by atoms with Crippen LogP contribution in [0.1, 0.15) is 39.4 Å². The predicted octanol–water partition coefficient (Wildman–Crippen LogP) is 5.31. The summed E-state index contributed by atoms with van der Waals surface area (Å²) >= 11 is 4.66. The number of amides is 1. The molecule has 1 amide bonds. The number of carbonyl (C=O) groups is 1. The zero-order valence-electron chi connectivity index (χ0n) is 16.2. The van der Waals surface area contributed by atoms with Crippen LogP contribution >= 0.6 is 27.3 Å². The van der Waals surface area contributed by atoms with Crippen LogP contribution in [0.3, 0.4) is 0 Å². The fraction of sp³-hybridized carbons (Fsp3) is 0.300. The Morgan fingerprint density at radius 3 is 2.71 bits per heavy atom. The van der Waals surface area contributed by atoms with Gasteiger partial charge in [0, 0.05) is 17.8 Å². The first-order valence-corrected chi connectivity index (χ1v) is 11.0. The van der Waals surface area contributed by atoms with Gasteiger partial charge in [-0.05, 0) is 45.1 Å². The normalized spacial score (nSPS) is 18.2. The van der Waals surface area contributed by atoms with Gasteiger partial charge in [0.1, 0.15) is 11.6 Å². The zero-order valence-corrected chi connectivity index (χ0v) is 18.6. The van der Waals surface area contributed by atoms with E-state index >= 15 is 0 Å². The van der Waals surface area contributed by atoms with Gasteiger partial charge >= 0.3 is 6.18 Å². The van der Waals surface area contributed by atoms with Crippen molar-refractivity contribution in [3.05, 3.63) is 62.4 Å². The largest absolute Gasteiger partial charge is 0.497 e. The first-order chi connectivity index (χ1) is 14.8. The third kappa shape index (κ3) is 4.42. The van der Waals surface area contributed by atoms with Crippen LogP contribution in [0.15, 0.2) is 46.3 Å². The number of thiophene rings is 1. The smallest absolute Gasteiger partial charge is 0.410 e. The highest BCUT2D eigenvalue weighted by Gasteiger charge is 2.47. The van der Waals surface area contributed by atoms with E-state index in [0.717, 1.165) is 15.1 Å². The Morgan fingerprint density at radius 2 is 2.10 bits per heavy atom.